The molecule has 0 unspecified atom stereocenters. The lowest BCUT2D eigenvalue weighted by Crippen LogP contribution is -2.33. The molecule has 4 rings (SSSR count). The summed E-state index contributed by atoms with van der Waals surface area (Å²) in [6.07, 6.45) is 3.28. The number of fused-ring (bicyclic) bond motifs is 1. The number of nitrogens with one attached hydrogen (secondary N) is 2. The Morgan fingerprint density at radius 2 is 2.10 bits per heavy atom. The van der Waals surface area contributed by atoms with Crippen molar-refractivity contribution < 1.29 is 28.9 Å². The van der Waals surface area contributed by atoms with Gasteiger partial charge in [0.25, 0.3) is 5.91 Å². The zero-order chi connectivity index (χ0) is 22.3. The third kappa shape index (κ3) is 3.75. The van der Waals surface area contributed by atoms with E-state index < -0.39 is 30.0 Å². The van der Waals surface area contributed by atoms with Crippen LogP contribution >= 0.6 is 0 Å². The molecule has 0 saturated heterocycles. The van der Waals surface area contributed by atoms with Crippen molar-refractivity contribution in [3.05, 3.63) is 65.3 Å². The number of aliphatic hydroxyl groups excluding tert-OH is 1. The number of carbonyl (C=O) groups excluding carboxylic acids is 1. The molecule has 1 aromatic heterocycles. The summed E-state index contributed by atoms with van der Waals surface area (Å²) >= 11 is 0. The Hall–Kier alpha value is -3.72. The first-order valence-corrected chi connectivity index (χ1v) is 9.53. The Balaban J connectivity index is 1.69. The van der Waals surface area contributed by atoms with Crippen LogP contribution in [0.1, 0.15) is 25.0 Å². The minimum atomic E-state index is -1.19. The van der Waals surface area contributed by atoms with Gasteiger partial charge in [-0.1, -0.05) is 0 Å². The Morgan fingerprint density at radius 3 is 2.74 bits per heavy atom. The quantitative estimate of drug-likeness (QED) is 0.544. The lowest BCUT2D eigenvalue weighted by atomic mass is 9.93. The second-order valence-corrected chi connectivity index (χ2v) is 7.70. The molecule has 4 N–H and O–H groups in total. The Bertz CT molecular complexity index is 1140. The normalized spacial score (nSPS) is 19.9. The first kappa shape index (κ1) is 20.5. The van der Waals surface area contributed by atoms with Crippen LogP contribution in [0.15, 0.2) is 48.4 Å². The van der Waals surface area contributed by atoms with Crippen molar-refractivity contribution in [1.82, 2.24) is 4.98 Å². The van der Waals surface area contributed by atoms with Crippen molar-refractivity contribution in [2.24, 2.45) is 0 Å². The molecule has 1 amide bonds. The topological polar surface area (TPSA) is 121 Å². The number of ether oxygens (including phenoxy) is 1. The number of carboxylic acids is 1. The van der Waals surface area contributed by atoms with Crippen LogP contribution < -0.4 is 10.6 Å². The molecule has 2 aliphatic rings. The number of hydrogen-bond donors (Lipinski definition) is 4. The monoisotopic (exact) mass is 425 g/mol. The van der Waals surface area contributed by atoms with Gasteiger partial charge in [-0.15, -0.1) is 0 Å². The van der Waals surface area contributed by atoms with Crippen LogP contribution in [0.25, 0.3) is 11.1 Å². The van der Waals surface area contributed by atoms with E-state index in [9.17, 15) is 14.0 Å². The van der Waals surface area contributed by atoms with Gasteiger partial charge in [0.05, 0.1) is 12.2 Å². The number of carbonyl (C=O) groups is 2. The summed E-state index contributed by atoms with van der Waals surface area (Å²) in [7, 11) is 0. The zero-order valence-corrected chi connectivity index (χ0v) is 16.8. The van der Waals surface area contributed by atoms with Gasteiger partial charge in [-0.3, -0.25) is 4.79 Å². The van der Waals surface area contributed by atoms with E-state index in [0.717, 1.165) is 5.57 Å². The minimum Gasteiger partial charge on any atom is -0.482 e. The molecule has 0 radical (unpaired) electrons. The highest BCUT2D eigenvalue weighted by molar-refractivity contribution is 6.32. The minimum absolute atomic E-state index is 0.260. The van der Waals surface area contributed by atoms with Crippen LogP contribution in [0.5, 0.6) is 0 Å². The van der Waals surface area contributed by atoms with E-state index in [2.05, 4.69) is 15.6 Å². The number of halogens is 1. The molecule has 0 fully saturated rings. The van der Waals surface area contributed by atoms with E-state index in [1.54, 1.807) is 24.4 Å². The molecular formula is C22H20FN3O5. The fourth-order valence-corrected chi connectivity index (χ4v) is 3.60. The number of benzene rings is 1. The van der Waals surface area contributed by atoms with E-state index in [-0.39, 0.29) is 11.5 Å². The molecule has 9 heteroatoms. The first-order valence-electron chi connectivity index (χ1n) is 9.53. The average molecular weight is 425 g/mol. The number of aliphatic carboxylic acids is 1. The number of aromatic nitrogens is 1. The third-order valence-corrected chi connectivity index (χ3v) is 5.14. The maximum absolute atomic E-state index is 13.8. The number of amides is 1. The molecule has 3 heterocycles. The van der Waals surface area contributed by atoms with Gasteiger partial charge in [-0.2, -0.15) is 0 Å². The van der Waals surface area contributed by atoms with Crippen LogP contribution in [0.4, 0.5) is 15.9 Å². The Morgan fingerprint density at radius 1 is 1.32 bits per heavy atom. The summed E-state index contributed by atoms with van der Waals surface area (Å²) in [5.74, 6) is -1.39. The highest BCUT2D eigenvalue weighted by Crippen LogP contribution is 2.44. The smallest absolute Gasteiger partial charge is 0.328 e. The molecular weight excluding hydrogens is 405 g/mol. The summed E-state index contributed by atoms with van der Waals surface area (Å²) in [6.45, 7) is 3.10. The number of carboxylic acid groups (broad SMARTS) is 1. The van der Waals surface area contributed by atoms with Gasteiger partial charge in [-0.05, 0) is 50.3 Å². The molecule has 1 aromatic carbocycles. The van der Waals surface area contributed by atoms with Crippen molar-refractivity contribution >= 4 is 34.5 Å². The summed E-state index contributed by atoms with van der Waals surface area (Å²) in [4.78, 5) is 27.8. The number of hydrogen-bond acceptors (Lipinski definition) is 6. The molecule has 2 aliphatic heterocycles. The van der Waals surface area contributed by atoms with Gasteiger partial charge >= 0.3 is 5.97 Å². The van der Waals surface area contributed by atoms with E-state index in [1.807, 2.05) is 13.8 Å². The second kappa shape index (κ2) is 7.51. The van der Waals surface area contributed by atoms with Gasteiger partial charge in [0.2, 0.25) is 0 Å². The maximum atomic E-state index is 13.8. The Labute approximate surface area is 177 Å². The lowest BCUT2D eigenvalue weighted by molar-refractivity contribution is -0.138. The van der Waals surface area contributed by atoms with Crippen molar-refractivity contribution in [3.8, 4) is 0 Å². The highest BCUT2D eigenvalue weighted by atomic mass is 19.1. The molecule has 2 aromatic rings. The molecule has 8 nitrogen and oxygen atoms in total. The zero-order valence-electron chi connectivity index (χ0n) is 16.8. The molecule has 0 aliphatic carbocycles. The van der Waals surface area contributed by atoms with E-state index in [4.69, 9.17) is 14.9 Å². The highest BCUT2D eigenvalue weighted by Gasteiger charge is 2.38. The van der Waals surface area contributed by atoms with Gasteiger partial charge < -0.3 is 25.6 Å². The van der Waals surface area contributed by atoms with Crippen molar-refractivity contribution in [3.63, 3.8) is 0 Å². The fourth-order valence-electron chi connectivity index (χ4n) is 3.60. The van der Waals surface area contributed by atoms with Crippen molar-refractivity contribution in [2.45, 2.75) is 25.5 Å². The predicted octanol–water partition coefficient (Wildman–Crippen LogP) is 2.63. The van der Waals surface area contributed by atoms with Gasteiger partial charge in [0.1, 0.15) is 29.0 Å². The molecule has 0 spiro atoms. The first-order chi connectivity index (χ1) is 14.7. The van der Waals surface area contributed by atoms with Crippen LogP contribution in [-0.2, 0) is 14.3 Å². The van der Waals surface area contributed by atoms with Gasteiger partial charge in [0, 0.05) is 28.6 Å². The largest absolute Gasteiger partial charge is 0.482 e. The molecule has 31 heavy (non-hydrogen) atoms. The molecule has 0 saturated carbocycles. The molecule has 160 valence electrons. The number of pyridine rings is 1. The summed E-state index contributed by atoms with van der Waals surface area (Å²) in [5.41, 5.74) is 1.89. The number of nitrogens with zero attached hydrogens (tertiary/aromatic N) is 1. The maximum Gasteiger partial charge on any atom is 0.328 e. The SMILES string of the molecule is CC1(C)O/C(=C2/C(=O)Nc3ccc(F)cc32)C=C1c1ccc(N[C@H](CO)C(=O)O)nc1. The van der Waals surface area contributed by atoms with Crippen molar-refractivity contribution in [1.29, 1.82) is 0 Å². The second-order valence-electron chi connectivity index (χ2n) is 7.70. The predicted molar refractivity (Wildman–Crippen MR) is 111 cm³/mol. The van der Waals surface area contributed by atoms with E-state index in [1.165, 1.54) is 18.2 Å². The van der Waals surface area contributed by atoms with Gasteiger partial charge in [-0.25, -0.2) is 14.2 Å². The van der Waals surface area contributed by atoms with Crippen LogP contribution in [0.2, 0.25) is 0 Å². The fraction of sp³-hybridized carbons (Fsp3) is 0.227. The van der Waals surface area contributed by atoms with E-state index >= 15 is 0 Å². The number of rotatable bonds is 5. The number of aliphatic hydroxyl groups is 1. The van der Waals surface area contributed by atoms with Crippen molar-refractivity contribution in [2.75, 3.05) is 17.2 Å². The van der Waals surface area contributed by atoms with Crippen LogP contribution in [0, 0.1) is 5.82 Å². The third-order valence-electron chi connectivity index (χ3n) is 5.14. The number of anilines is 2. The van der Waals surface area contributed by atoms with E-state index in [0.29, 0.717) is 28.4 Å². The number of allylic oxidation sites excluding steroid dienone is 1. The van der Waals surface area contributed by atoms with Crippen LogP contribution in [-0.4, -0.2) is 45.3 Å². The average Bonchev–Trinajstić information content (AvgIpc) is 3.20. The summed E-state index contributed by atoms with van der Waals surface area (Å²) < 4.78 is 19.8. The molecule has 0 bridgehead atoms. The Kier molecular flexibility index (Phi) is 4.98. The lowest BCUT2D eigenvalue weighted by Gasteiger charge is -2.23. The summed E-state index contributed by atoms with van der Waals surface area (Å²) in [6, 6.07) is 6.24. The van der Waals surface area contributed by atoms with Gasteiger partial charge in [0.15, 0.2) is 0 Å². The summed E-state index contributed by atoms with van der Waals surface area (Å²) in [5, 5.41) is 23.5. The standard InChI is InChI=1S/C22H20FN3O5/c1-22(2)14(11-3-6-18(24-9-11)25-16(10-27)21(29)30)8-17(31-22)19-13-7-12(23)4-5-15(13)26-20(19)28/h3-9,16,27H,10H2,1-2H3,(H,24,25)(H,26,28)(H,29,30)/b19-17+/t16-/m1/s1. The molecule has 1 atom stereocenters. The van der Waals surface area contributed by atoms with Crippen LogP contribution in [0.3, 0.4) is 0 Å².